The summed E-state index contributed by atoms with van der Waals surface area (Å²) in [7, 11) is -3.25. The lowest BCUT2D eigenvalue weighted by Gasteiger charge is -2.35. The standard InChI is InChI=1S/C12H24N2O3S/c1-10(9-13-11-3-4-11)18(15,16)14-12(2)5-7-17-8-6-12/h10-11,13-14H,3-9H2,1-2H3. The average molecular weight is 276 g/mol. The fourth-order valence-corrected chi connectivity index (χ4v) is 3.51. The molecule has 1 aliphatic heterocycles. The monoisotopic (exact) mass is 276 g/mol. The summed E-state index contributed by atoms with van der Waals surface area (Å²) in [6.45, 7) is 5.53. The first-order valence-corrected chi connectivity index (χ1v) is 8.30. The van der Waals surface area contributed by atoms with E-state index in [0.717, 1.165) is 12.8 Å². The highest BCUT2D eigenvalue weighted by Crippen LogP contribution is 2.22. The summed E-state index contributed by atoms with van der Waals surface area (Å²) < 4.78 is 32.6. The van der Waals surface area contributed by atoms with Crippen molar-refractivity contribution in [1.29, 1.82) is 0 Å². The van der Waals surface area contributed by atoms with Crippen molar-refractivity contribution < 1.29 is 13.2 Å². The molecule has 2 fully saturated rings. The number of ether oxygens (including phenoxy) is 1. The maximum absolute atomic E-state index is 12.2. The van der Waals surface area contributed by atoms with Crippen LogP contribution in [-0.2, 0) is 14.8 Å². The minimum Gasteiger partial charge on any atom is -0.381 e. The van der Waals surface area contributed by atoms with Crippen LogP contribution >= 0.6 is 0 Å². The molecule has 0 bridgehead atoms. The Morgan fingerprint density at radius 1 is 1.33 bits per heavy atom. The third kappa shape index (κ3) is 3.91. The van der Waals surface area contributed by atoms with Crippen LogP contribution in [0.5, 0.6) is 0 Å². The smallest absolute Gasteiger partial charge is 0.215 e. The Morgan fingerprint density at radius 2 is 1.94 bits per heavy atom. The maximum atomic E-state index is 12.2. The highest BCUT2D eigenvalue weighted by atomic mass is 32.2. The van der Waals surface area contributed by atoms with E-state index in [1.165, 1.54) is 12.8 Å². The zero-order valence-electron chi connectivity index (χ0n) is 11.2. The van der Waals surface area contributed by atoms with Crippen molar-refractivity contribution in [3.05, 3.63) is 0 Å². The summed E-state index contributed by atoms with van der Waals surface area (Å²) in [6.07, 6.45) is 3.84. The molecule has 0 amide bonds. The molecule has 1 atom stereocenters. The molecule has 1 aliphatic carbocycles. The minimum atomic E-state index is -3.25. The normalized spacial score (nSPS) is 25.9. The summed E-state index contributed by atoms with van der Waals surface area (Å²) in [6, 6.07) is 0.543. The van der Waals surface area contributed by atoms with Crippen LogP contribution in [0.1, 0.15) is 39.5 Å². The van der Waals surface area contributed by atoms with Gasteiger partial charge in [0.05, 0.1) is 5.25 Å². The quantitative estimate of drug-likeness (QED) is 0.746. The third-order valence-electron chi connectivity index (χ3n) is 3.79. The van der Waals surface area contributed by atoms with E-state index in [4.69, 9.17) is 4.74 Å². The minimum absolute atomic E-state index is 0.342. The fourth-order valence-electron chi connectivity index (χ4n) is 2.10. The molecule has 0 aromatic rings. The summed E-state index contributed by atoms with van der Waals surface area (Å²) in [4.78, 5) is 0. The van der Waals surface area contributed by atoms with Gasteiger partial charge in [0, 0.05) is 31.3 Å². The Bertz CT molecular complexity index is 373. The van der Waals surface area contributed by atoms with Gasteiger partial charge in [0.2, 0.25) is 10.0 Å². The van der Waals surface area contributed by atoms with Gasteiger partial charge < -0.3 is 10.1 Å². The van der Waals surface area contributed by atoms with Crippen LogP contribution < -0.4 is 10.0 Å². The number of rotatable bonds is 6. The molecule has 1 heterocycles. The highest BCUT2D eigenvalue weighted by Gasteiger charge is 2.34. The molecule has 2 N–H and O–H groups in total. The molecule has 18 heavy (non-hydrogen) atoms. The molecule has 6 heteroatoms. The average Bonchev–Trinajstić information content (AvgIpc) is 3.09. The number of nitrogens with one attached hydrogen (secondary N) is 2. The highest BCUT2D eigenvalue weighted by molar-refractivity contribution is 7.90. The summed E-state index contributed by atoms with van der Waals surface area (Å²) >= 11 is 0. The first-order valence-electron chi connectivity index (χ1n) is 6.75. The molecule has 1 saturated heterocycles. The summed E-state index contributed by atoms with van der Waals surface area (Å²) in [5.41, 5.74) is -0.342. The van der Waals surface area contributed by atoms with E-state index in [-0.39, 0.29) is 5.54 Å². The lowest BCUT2D eigenvalue weighted by atomic mass is 9.94. The molecular formula is C12H24N2O3S. The van der Waals surface area contributed by atoms with Crippen LogP contribution in [-0.4, -0.2) is 45.0 Å². The molecule has 1 saturated carbocycles. The first-order chi connectivity index (χ1) is 8.41. The van der Waals surface area contributed by atoms with Crippen molar-refractivity contribution in [2.75, 3.05) is 19.8 Å². The Hall–Kier alpha value is -0.170. The van der Waals surface area contributed by atoms with Gasteiger partial charge in [-0.05, 0) is 39.5 Å². The SMILES string of the molecule is CC(CNC1CC1)S(=O)(=O)NC1(C)CCOCC1. The first kappa shape index (κ1) is 14.2. The van der Waals surface area contributed by atoms with Gasteiger partial charge >= 0.3 is 0 Å². The van der Waals surface area contributed by atoms with E-state index >= 15 is 0 Å². The second-order valence-corrected chi connectivity index (χ2v) is 7.91. The molecule has 0 radical (unpaired) electrons. The third-order valence-corrected chi connectivity index (χ3v) is 5.79. The fraction of sp³-hybridized carbons (Fsp3) is 1.00. The van der Waals surface area contributed by atoms with E-state index in [9.17, 15) is 8.42 Å². The van der Waals surface area contributed by atoms with Crippen LogP contribution in [0, 0.1) is 0 Å². The number of sulfonamides is 1. The van der Waals surface area contributed by atoms with Gasteiger partial charge in [-0.2, -0.15) is 0 Å². The van der Waals surface area contributed by atoms with Gasteiger partial charge in [0.1, 0.15) is 0 Å². The lowest BCUT2D eigenvalue weighted by molar-refractivity contribution is 0.0537. The number of hydrogen-bond acceptors (Lipinski definition) is 4. The van der Waals surface area contributed by atoms with Crippen LogP contribution in [0.15, 0.2) is 0 Å². The van der Waals surface area contributed by atoms with E-state index in [2.05, 4.69) is 10.0 Å². The van der Waals surface area contributed by atoms with Gasteiger partial charge in [0.15, 0.2) is 0 Å². The van der Waals surface area contributed by atoms with E-state index in [0.29, 0.717) is 25.8 Å². The van der Waals surface area contributed by atoms with Crippen LogP contribution in [0.3, 0.4) is 0 Å². The van der Waals surface area contributed by atoms with Crippen molar-refractivity contribution in [3.8, 4) is 0 Å². The van der Waals surface area contributed by atoms with E-state index in [1.807, 2.05) is 6.92 Å². The Balaban J connectivity index is 1.87. The van der Waals surface area contributed by atoms with Crippen molar-refractivity contribution in [1.82, 2.24) is 10.0 Å². The maximum Gasteiger partial charge on any atom is 0.215 e. The van der Waals surface area contributed by atoms with Crippen molar-refractivity contribution in [3.63, 3.8) is 0 Å². The van der Waals surface area contributed by atoms with Crippen LogP contribution in [0.2, 0.25) is 0 Å². The Morgan fingerprint density at radius 3 is 2.50 bits per heavy atom. The molecule has 5 nitrogen and oxygen atoms in total. The van der Waals surface area contributed by atoms with E-state index in [1.54, 1.807) is 6.92 Å². The Labute approximate surface area is 110 Å². The van der Waals surface area contributed by atoms with Crippen molar-refractivity contribution >= 4 is 10.0 Å². The van der Waals surface area contributed by atoms with Gasteiger partial charge in [-0.15, -0.1) is 0 Å². The second kappa shape index (κ2) is 5.45. The molecule has 1 unspecified atom stereocenters. The predicted octanol–water partition coefficient (Wildman–Crippen LogP) is 0.615. The molecule has 0 aromatic heterocycles. The van der Waals surface area contributed by atoms with Gasteiger partial charge in [-0.25, -0.2) is 13.1 Å². The molecule has 106 valence electrons. The lowest BCUT2D eigenvalue weighted by Crippen LogP contribution is -2.53. The van der Waals surface area contributed by atoms with E-state index < -0.39 is 15.3 Å². The second-order valence-electron chi connectivity index (χ2n) is 5.81. The zero-order chi connectivity index (χ0) is 13.2. The van der Waals surface area contributed by atoms with Crippen LogP contribution in [0.4, 0.5) is 0 Å². The van der Waals surface area contributed by atoms with Crippen LogP contribution in [0.25, 0.3) is 0 Å². The zero-order valence-corrected chi connectivity index (χ0v) is 12.1. The topological polar surface area (TPSA) is 67.4 Å². The summed E-state index contributed by atoms with van der Waals surface area (Å²) in [5, 5.41) is 2.88. The molecule has 2 rings (SSSR count). The largest absolute Gasteiger partial charge is 0.381 e. The number of hydrogen-bond donors (Lipinski definition) is 2. The van der Waals surface area contributed by atoms with Gasteiger partial charge in [-0.3, -0.25) is 0 Å². The van der Waals surface area contributed by atoms with Gasteiger partial charge in [-0.1, -0.05) is 0 Å². The molecular weight excluding hydrogens is 252 g/mol. The predicted molar refractivity (Wildman–Crippen MR) is 71.0 cm³/mol. The summed E-state index contributed by atoms with van der Waals surface area (Å²) in [5.74, 6) is 0. The Kier molecular flexibility index (Phi) is 4.31. The van der Waals surface area contributed by atoms with Crippen molar-refractivity contribution in [2.45, 2.75) is 56.4 Å². The van der Waals surface area contributed by atoms with Crippen molar-refractivity contribution in [2.24, 2.45) is 0 Å². The molecule has 0 aromatic carbocycles. The molecule has 2 aliphatic rings. The van der Waals surface area contributed by atoms with Gasteiger partial charge in [0.25, 0.3) is 0 Å². The molecule has 0 spiro atoms.